The van der Waals surface area contributed by atoms with E-state index in [9.17, 15) is 9.59 Å². The molecular formula is C19H21Cl2NO2. The minimum Gasteiger partial charge on any atom is -0.326 e. The highest BCUT2D eigenvalue weighted by atomic mass is 35.5. The van der Waals surface area contributed by atoms with Gasteiger partial charge in [0.1, 0.15) is 4.33 Å². The van der Waals surface area contributed by atoms with Crippen molar-refractivity contribution in [3.63, 3.8) is 0 Å². The van der Waals surface area contributed by atoms with E-state index in [4.69, 9.17) is 23.2 Å². The molecule has 1 aromatic rings. The molecule has 1 N–H and O–H groups in total. The van der Waals surface area contributed by atoms with Crippen LogP contribution in [0.5, 0.6) is 0 Å². The third-order valence-electron chi connectivity index (χ3n) is 6.16. The van der Waals surface area contributed by atoms with E-state index in [1.54, 1.807) is 18.2 Å². The number of nitrogens with one attached hydrogen (secondary N) is 1. The normalized spacial score (nSPS) is 35.7. The molecule has 3 nitrogen and oxygen atoms in total. The number of amides is 1. The number of hydrogen-bond acceptors (Lipinski definition) is 2. The highest BCUT2D eigenvalue weighted by Crippen LogP contribution is 2.67. The predicted octanol–water partition coefficient (Wildman–Crippen LogP) is 4.68. The fourth-order valence-electron chi connectivity index (χ4n) is 4.65. The molecule has 4 atom stereocenters. The number of hydrogen-bond donors (Lipinski definition) is 1. The molecule has 128 valence electrons. The number of Topliss-reactive ketones (excluding diaryl/α,β-unsaturated/α-hetero) is 1. The molecule has 24 heavy (non-hydrogen) atoms. The second kappa shape index (κ2) is 5.74. The third kappa shape index (κ3) is 2.76. The molecule has 0 aromatic heterocycles. The van der Waals surface area contributed by atoms with Crippen LogP contribution in [0.15, 0.2) is 24.3 Å². The van der Waals surface area contributed by atoms with Gasteiger partial charge >= 0.3 is 0 Å². The van der Waals surface area contributed by atoms with E-state index in [-0.39, 0.29) is 17.6 Å². The van der Waals surface area contributed by atoms with Crippen LogP contribution in [0, 0.1) is 29.6 Å². The zero-order valence-electron chi connectivity index (χ0n) is 13.6. The lowest BCUT2D eigenvalue weighted by Crippen LogP contribution is -2.16. The van der Waals surface area contributed by atoms with Gasteiger partial charge in [-0.1, -0.05) is 12.1 Å². The Bertz CT molecular complexity index is 680. The lowest BCUT2D eigenvalue weighted by Gasteiger charge is -2.06. The average molecular weight is 366 g/mol. The Balaban J connectivity index is 1.39. The molecule has 0 aliphatic heterocycles. The van der Waals surface area contributed by atoms with Gasteiger partial charge in [-0.3, -0.25) is 9.59 Å². The lowest BCUT2D eigenvalue weighted by atomic mass is 10.0. The van der Waals surface area contributed by atoms with E-state index in [1.165, 1.54) is 6.92 Å². The first-order valence-corrected chi connectivity index (χ1v) is 9.45. The first kappa shape index (κ1) is 16.4. The minimum atomic E-state index is -0.512. The van der Waals surface area contributed by atoms with Crippen LogP contribution < -0.4 is 5.32 Å². The monoisotopic (exact) mass is 365 g/mol. The molecule has 0 heterocycles. The molecule has 0 spiro atoms. The SMILES string of the molecule is CC(=O)c1cccc(NC(=O)C2C3CCC4C(CCC32)C4(Cl)Cl)c1. The molecule has 3 aliphatic carbocycles. The molecule has 5 heteroatoms. The van der Waals surface area contributed by atoms with E-state index in [1.807, 2.05) is 6.07 Å². The number of alkyl halides is 2. The van der Waals surface area contributed by atoms with Crippen LogP contribution in [0.1, 0.15) is 43.0 Å². The molecule has 1 amide bonds. The predicted molar refractivity (Wildman–Crippen MR) is 95.4 cm³/mol. The molecule has 0 saturated heterocycles. The standard InChI is InChI=1S/C19H21Cl2NO2/c1-10(23)11-3-2-4-12(9-11)22-18(24)17-13-5-7-15-16(19(15,20)21)8-6-14(13)17/h2-4,9,13-17H,5-8H2,1H3,(H,22,24). The van der Waals surface area contributed by atoms with Crippen LogP contribution in [0.3, 0.4) is 0 Å². The van der Waals surface area contributed by atoms with Gasteiger partial charge in [-0.15, -0.1) is 23.2 Å². The summed E-state index contributed by atoms with van der Waals surface area (Å²) >= 11 is 12.7. The van der Waals surface area contributed by atoms with Crippen molar-refractivity contribution >= 4 is 40.6 Å². The van der Waals surface area contributed by atoms with E-state index in [2.05, 4.69) is 5.32 Å². The first-order chi connectivity index (χ1) is 11.4. The molecule has 3 saturated carbocycles. The molecule has 4 rings (SSSR count). The van der Waals surface area contributed by atoms with Crippen LogP contribution in [0.4, 0.5) is 5.69 Å². The Labute approximate surface area is 152 Å². The number of rotatable bonds is 3. The number of carbonyl (C=O) groups excluding carboxylic acids is 2. The summed E-state index contributed by atoms with van der Waals surface area (Å²) in [6.45, 7) is 1.53. The molecule has 3 aliphatic rings. The van der Waals surface area contributed by atoms with Crippen molar-refractivity contribution in [2.24, 2.45) is 29.6 Å². The van der Waals surface area contributed by atoms with Gasteiger partial charge in [0, 0.05) is 17.2 Å². The van der Waals surface area contributed by atoms with Crippen LogP contribution in [-0.4, -0.2) is 16.0 Å². The van der Waals surface area contributed by atoms with Crippen LogP contribution >= 0.6 is 23.2 Å². The van der Waals surface area contributed by atoms with Gasteiger partial charge in [-0.05, 0) is 68.4 Å². The number of halogens is 2. The fraction of sp³-hybridized carbons (Fsp3) is 0.579. The number of ketones is 1. The molecule has 1 aromatic carbocycles. The molecule has 0 bridgehead atoms. The van der Waals surface area contributed by atoms with Crippen molar-refractivity contribution < 1.29 is 9.59 Å². The number of anilines is 1. The van der Waals surface area contributed by atoms with Gasteiger partial charge in [-0.25, -0.2) is 0 Å². The maximum atomic E-state index is 12.6. The first-order valence-electron chi connectivity index (χ1n) is 8.69. The zero-order valence-corrected chi connectivity index (χ0v) is 15.1. The van der Waals surface area contributed by atoms with E-state index < -0.39 is 4.33 Å². The van der Waals surface area contributed by atoms with Gasteiger partial charge in [0.2, 0.25) is 5.91 Å². The Kier molecular flexibility index (Phi) is 3.92. The Morgan fingerprint density at radius 1 is 1.08 bits per heavy atom. The fourth-order valence-corrected chi connectivity index (χ4v) is 5.57. The maximum absolute atomic E-state index is 12.6. The molecule has 4 unspecified atom stereocenters. The molecular weight excluding hydrogens is 345 g/mol. The summed E-state index contributed by atoms with van der Waals surface area (Å²) < 4.78 is -0.512. The van der Waals surface area contributed by atoms with E-state index in [0.717, 1.165) is 25.7 Å². The largest absolute Gasteiger partial charge is 0.326 e. The van der Waals surface area contributed by atoms with Gasteiger partial charge in [0.25, 0.3) is 0 Å². The van der Waals surface area contributed by atoms with Gasteiger partial charge in [0.15, 0.2) is 5.78 Å². The summed E-state index contributed by atoms with van der Waals surface area (Å²) in [6, 6.07) is 7.14. The lowest BCUT2D eigenvalue weighted by molar-refractivity contribution is -0.117. The second-order valence-corrected chi connectivity index (χ2v) is 8.97. The summed E-state index contributed by atoms with van der Waals surface area (Å²) in [7, 11) is 0. The highest BCUT2D eigenvalue weighted by molar-refractivity contribution is 6.51. The summed E-state index contributed by atoms with van der Waals surface area (Å²) in [5.41, 5.74) is 1.32. The van der Waals surface area contributed by atoms with Crippen LogP contribution in [-0.2, 0) is 4.79 Å². The van der Waals surface area contributed by atoms with Crippen LogP contribution in [0.25, 0.3) is 0 Å². The van der Waals surface area contributed by atoms with Crippen molar-refractivity contribution in [3.8, 4) is 0 Å². The number of fused-ring (bicyclic) bond motifs is 2. The summed E-state index contributed by atoms with van der Waals surface area (Å²) in [6.07, 6.45) is 4.14. The van der Waals surface area contributed by atoms with E-state index in [0.29, 0.717) is 34.9 Å². The third-order valence-corrected chi connectivity index (χ3v) is 7.28. The highest BCUT2D eigenvalue weighted by Gasteiger charge is 2.65. The van der Waals surface area contributed by atoms with Crippen molar-refractivity contribution in [1.29, 1.82) is 0 Å². The molecule has 0 radical (unpaired) electrons. The summed E-state index contributed by atoms with van der Waals surface area (Å²) in [5, 5.41) is 2.99. The number of benzene rings is 1. The minimum absolute atomic E-state index is 0.00373. The number of carbonyl (C=O) groups is 2. The summed E-state index contributed by atoms with van der Waals surface area (Å²) in [5.74, 6) is 1.95. The molecule has 3 fully saturated rings. The average Bonchev–Trinajstić information content (AvgIpc) is 3.32. The van der Waals surface area contributed by atoms with Crippen molar-refractivity contribution in [2.75, 3.05) is 5.32 Å². The maximum Gasteiger partial charge on any atom is 0.228 e. The van der Waals surface area contributed by atoms with Gasteiger partial charge in [0.05, 0.1) is 0 Å². The zero-order chi connectivity index (χ0) is 17.1. The van der Waals surface area contributed by atoms with Crippen molar-refractivity contribution in [2.45, 2.75) is 36.9 Å². The van der Waals surface area contributed by atoms with Crippen molar-refractivity contribution in [3.05, 3.63) is 29.8 Å². The topological polar surface area (TPSA) is 46.2 Å². The van der Waals surface area contributed by atoms with E-state index >= 15 is 0 Å². The Morgan fingerprint density at radius 2 is 1.71 bits per heavy atom. The summed E-state index contributed by atoms with van der Waals surface area (Å²) in [4.78, 5) is 24.1. The van der Waals surface area contributed by atoms with Crippen LogP contribution in [0.2, 0.25) is 0 Å². The van der Waals surface area contributed by atoms with Gasteiger partial charge < -0.3 is 5.32 Å². The smallest absolute Gasteiger partial charge is 0.228 e. The Hall–Kier alpha value is -1.06. The Morgan fingerprint density at radius 3 is 2.29 bits per heavy atom. The van der Waals surface area contributed by atoms with Gasteiger partial charge in [-0.2, -0.15) is 0 Å². The second-order valence-electron chi connectivity index (χ2n) is 7.52. The van der Waals surface area contributed by atoms with Crippen molar-refractivity contribution in [1.82, 2.24) is 0 Å². The quantitative estimate of drug-likeness (QED) is 0.624.